The summed E-state index contributed by atoms with van der Waals surface area (Å²) in [5.41, 5.74) is 0. The zero-order valence-electron chi connectivity index (χ0n) is 4.72. The summed E-state index contributed by atoms with van der Waals surface area (Å²) in [6.07, 6.45) is -12.3. The molecule has 0 radical (unpaired) electrons. The van der Waals surface area contributed by atoms with Crippen LogP contribution in [0.25, 0.3) is 0 Å². The monoisotopic (exact) mass is 182 g/mol. The molecule has 0 aliphatic rings. The Morgan fingerprint density at radius 2 is 1.27 bits per heavy atom. The summed E-state index contributed by atoms with van der Waals surface area (Å²) in [7, 11) is 0. The Bertz CT molecular complexity index is 158. The van der Waals surface area contributed by atoms with Gasteiger partial charge in [0.05, 0.1) is 6.08 Å². The van der Waals surface area contributed by atoms with Crippen LogP contribution in [-0.4, -0.2) is 12.4 Å². The highest BCUT2D eigenvalue weighted by Crippen LogP contribution is 2.30. The van der Waals surface area contributed by atoms with E-state index in [1.54, 1.807) is 0 Å². The Kier molecular flexibility index (Phi) is 2.52. The normalized spacial score (nSPS) is 15.4. The molecule has 0 bridgehead atoms. The summed E-state index contributed by atoms with van der Waals surface area (Å²) in [6, 6.07) is 0. The van der Waals surface area contributed by atoms with Crippen LogP contribution in [0.3, 0.4) is 0 Å². The molecule has 66 valence electrons. The van der Waals surface area contributed by atoms with Crippen molar-refractivity contribution in [3.63, 3.8) is 0 Å². The van der Waals surface area contributed by atoms with Crippen molar-refractivity contribution in [2.24, 2.45) is 0 Å². The molecule has 0 N–H and O–H groups in total. The van der Waals surface area contributed by atoms with Crippen LogP contribution < -0.4 is 0 Å². The number of allylic oxidation sites excluding steroid dienone is 2. The minimum absolute atomic E-state index is 1.44. The molecule has 0 aliphatic heterocycles. The van der Waals surface area contributed by atoms with Crippen molar-refractivity contribution < 1.29 is 30.7 Å². The first kappa shape index (κ1) is 10.2. The quantitative estimate of drug-likeness (QED) is 0.505. The van der Waals surface area contributed by atoms with Crippen LogP contribution in [-0.2, 0) is 0 Å². The lowest BCUT2D eigenvalue weighted by atomic mass is 10.4. The second kappa shape index (κ2) is 2.71. The van der Waals surface area contributed by atoms with Gasteiger partial charge < -0.3 is 0 Å². The Labute approximate surface area is 56.3 Å². The highest BCUT2D eigenvalue weighted by atomic mass is 19.4. The van der Waals surface area contributed by atoms with Gasteiger partial charge in [-0.15, -0.1) is 0 Å². The van der Waals surface area contributed by atoms with E-state index in [1.807, 2.05) is 0 Å². The molecule has 0 aromatic rings. The maximum Gasteiger partial charge on any atom is 0.442 e. The predicted octanol–water partition coefficient (Wildman–Crippen LogP) is 2.96. The molecular weight excluding hydrogens is 181 g/mol. The average Bonchev–Trinajstić information content (AvgIpc) is 1.56. The smallest absolute Gasteiger partial charge is 0.202 e. The molecule has 0 aromatic carbocycles. The molecule has 0 heterocycles. The van der Waals surface area contributed by atoms with Crippen molar-refractivity contribution in [2.75, 3.05) is 0 Å². The molecule has 0 nitrogen and oxygen atoms in total. The predicted molar refractivity (Wildman–Crippen MR) is 21.3 cm³/mol. The molecule has 0 atom stereocenters. The fraction of sp³-hybridized carbons (Fsp3) is 0.500. The Balaban J connectivity index is 4.49. The average molecular weight is 182 g/mol. The summed E-state index contributed by atoms with van der Waals surface area (Å²) >= 11 is 0. The van der Waals surface area contributed by atoms with Crippen molar-refractivity contribution >= 4 is 0 Å². The Hall–Kier alpha value is -0.750. The van der Waals surface area contributed by atoms with E-state index in [-0.39, 0.29) is 0 Å². The Morgan fingerprint density at radius 1 is 0.909 bits per heavy atom. The third-order valence-electron chi connectivity index (χ3n) is 0.561. The van der Waals surface area contributed by atoms with Gasteiger partial charge in [0.15, 0.2) is 0 Å². The maximum absolute atomic E-state index is 11.4. The zero-order valence-corrected chi connectivity index (χ0v) is 4.72. The van der Waals surface area contributed by atoms with Gasteiger partial charge in [-0.1, -0.05) is 0 Å². The highest BCUT2D eigenvalue weighted by molar-refractivity contribution is 5.02. The maximum atomic E-state index is 11.4. The molecule has 11 heavy (non-hydrogen) atoms. The molecule has 0 saturated carbocycles. The van der Waals surface area contributed by atoms with E-state index in [4.69, 9.17) is 0 Å². The van der Waals surface area contributed by atoms with E-state index in [0.29, 0.717) is 0 Å². The van der Waals surface area contributed by atoms with Gasteiger partial charge in [0.25, 0.3) is 0 Å². The Morgan fingerprint density at radius 3 is 1.36 bits per heavy atom. The van der Waals surface area contributed by atoms with Crippen molar-refractivity contribution in [1.29, 1.82) is 0 Å². The van der Waals surface area contributed by atoms with E-state index in [1.165, 1.54) is 0 Å². The van der Waals surface area contributed by atoms with Crippen LogP contribution in [0, 0.1) is 0 Å². The minimum Gasteiger partial charge on any atom is -0.202 e. The molecule has 0 unspecified atom stereocenters. The largest absolute Gasteiger partial charge is 0.442 e. The standard InChI is InChI=1S/C4HF7/c5-2(4(9,10)11)1-3(6,7)8/h1H/b2-1-. The van der Waals surface area contributed by atoms with Crippen molar-refractivity contribution in [2.45, 2.75) is 12.4 Å². The molecule has 7 heteroatoms. The highest BCUT2D eigenvalue weighted by Gasteiger charge is 2.39. The molecule has 0 aliphatic carbocycles. The van der Waals surface area contributed by atoms with Crippen LogP contribution in [0.15, 0.2) is 11.9 Å². The van der Waals surface area contributed by atoms with Crippen LogP contribution in [0.4, 0.5) is 30.7 Å². The molecule has 0 fully saturated rings. The van der Waals surface area contributed by atoms with E-state index in [2.05, 4.69) is 0 Å². The number of rotatable bonds is 0. The first-order valence-corrected chi connectivity index (χ1v) is 2.15. The van der Waals surface area contributed by atoms with Gasteiger partial charge in [-0.05, 0) is 0 Å². The summed E-state index contributed by atoms with van der Waals surface area (Å²) in [5.74, 6) is -3.15. The lowest BCUT2D eigenvalue weighted by Crippen LogP contribution is -2.12. The van der Waals surface area contributed by atoms with Gasteiger partial charge in [-0.3, -0.25) is 0 Å². The number of hydrogen-bond donors (Lipinski definition) is 0. The van der Waals surface area contributed by atoms with Crippen LogP contribution in [0.2, 0.25) is 0 Å². The van der Waals surface area contributed by atoms with Crippen LogP contribution >= 0.6 is 0 Å². The SMILES string of the molecule is F/C(=C\C(F)(F)F)C(F)(F)F. The molecule has 0 amide bonds. The summed E-state index contributed by atoms with van der Waals surface area (Å²) in [5, 5.41) is 0. The summed E-state index contributed by atoms with van der Waals surface area (Å²) in [6.45, 7) is 0. The second-order valence-electron chi connectivity index (χ2n) is 1.53. The van der Waals surface area contributed by atoms with Gasteiger partial charge in [0.1, 0.15) is 0 Å². The first-order valence-electron chi connectivity index (χ1n) is 2.15. The number of halogens is 7. The fourth-order valence-electron chi connectivity index (χ4n) is 0.226. The van der Waals surface area contributed by atoms with Gasteiger partial charge in [0, 0.05) is 0 Å². The van der Waals surface area contributed by atoms with Gasteiger partial charge in [-0.2, -0.15) is 26.3 Å². The topological polar surface area (TPSA) is 0 Å². The van der Waals surface area contributed by atoms with Crippen molar-refractivity contribution in [1.82, 2.24) is 0 Å². The van der Waals surface area contributed by atoms with Crippen molar-refractivity contribution in [3.05, 3.63) is 11.9 Å². The third-order valence-corrected chi connectivity index (χ3v) is 0.561. The van der Waals surface area contributed by atoms with E-state index >= 15 is 0 Å². The fourth-order valence-corrected chi connectivity index (χ4v) is 0.226. The molecule has 0 aromatic heterocycles. The second-order valence-corrected chi connectivity index (χ2v) is 1.53. The van der Waals surface area contributed by atoms with Crippen LogP contribution in [0.1, 0.15) is 0 Å². The van der Waals surface area contributed by atoms with Crippen molar-refractivity contribution in [3.8, 4) is 0 Å². The molecule has 0 spiro atoms. The van der Waals surface area contributed by atoms with Gasteiger partial charge >= 0.3 is 12.4 Å². The number of alkyl halides is 6. The van der Waals surface area contributed by atoms with E-state index < -0.39 is 24.3 Å². The number of hydrogen-bond acceptors (Lipinski definition) is 0. The summed E-state index contributed by atoms with van der Waals surface area (Å²) < 4.78 is 77.6. The lowest BCUT2D eigenvalue weighted by Gasteiger charge is -2.03. The summed E-state index contributed by atoms with van der Waals surface area (Å²) in [4.78, 5) is 0. The zero-order chi connectivity index (χ0) is 9.28. The van der Waals surface area contributed by atoms with E-state index in [9.17, 15) is 30.7 Å². The first-order chi connectivity index (χ1) is 4.63. The minimum atomic E-state index is -5.56. The third kappa shape index (κ3) is 4.63. The van der Waals surface area contributed by atoms with Gasteiger partial charge in [0.2, 0.25) is 5.83 Å². The lowest BCUT2D eigenvalue weighted by molar-refractivity contribution is -0.121. The van der Waals surface area contributed by atoms with Crippen LogP contribution in [0.5, 0.6) is 0 Å². The molecular formula is C4HF7. The molecule has 0 rings (SSSR count). The van der Waals surface area contributed by atoms with Gasteiger partial charge in [-0.25, -0.2) is 4.39 Å². The molecule has 0 saturated heterocycles. The van der Waals surface area contributed by atoms with E-state index in [0.717, 1.165) is 0 Å².